The molecule has 0 atom stereocenters. The number of benzene rings is 1. The Morgan fingerprint density at radius 1 is 1.23 bits per heavy atom. The van der Waals surface area contributed by atoms with Crippen LogP contribution in [-0.2, 0) is 9.53 Å². The van der Waals surface area contributed by atoms with Crippen LogP contribution in [0, 0.1) is 0 Å². The van der Waals surface area contributed by atoms with Gasteiger partial charge in [-0.1, -0.05) is 18.7 Å². The highest BCUT2D eigenvalue weighted by Gasteiger charge is 2.10. The zero-order valence-electron chi connectivity index (χ0n) is 12.0. The minimum atomic E-state index is -0.575. The molecule has 8 heteroatoms. The predicted octanol–water partition coefficient (Wildman–Crippen LogP) is 0.715. The van der Waals surface area contributed by atoms with Crippen LogP contribution in [0.25, 0.3) is 0 Å². The maximum Gasteiger partial charge on any atom is 0.273 e. The van der Waals surface area contributed by atoms with Crippen LogP contribution in [0.3, 0.4) is 0 Å². The smallest absolute Gasteiger partial charge is 0.273 e. The average molecular weight is 330 g/mol. The standard InChI is InChI=1S/C14H19N3O4.ClH/c1-2-21-10-9-15-8-7-13(19)16-17-14(20)11-5-3-4-6-12(11)18;/h2-6,15,18H,1,7-10H2,(H,16,19)(H,17,20);1H. The van der Waals surface area contributed by atoms with Gasteiger partial charge in [-0.15, -0.1) is 12.4 Å². The fraction of sp³-hybridized carbons (Fsp3) is 0.286. The molecule has 122 valence electrons. The second-order valence-corrected chi connectivity index (χ2v) is 4.06. The van der Waals surface area contributed by atoms with E-state index in [0.717, 1.165) is 0 Å². The molecule has 0 unspecified atom stereocenters. The van der Waals surface area contributed by atoms with Gasteiger partial charge in [0.25, 0.3) is 5.91 Å². The van der Waals surface area contributed by atoms with Crippen molar-refractivity contribution in [2.24, 2.45) is 0 Å². The molecule has 0 spiro atoms. The molecule has 1 rings (SSSR count). The second-order valence-electron chi connectivity index (χ2n) is 4.06. The van der Waals surface area contributed by atoms with Gasteiger partial charge in [0.15, 0.2) is 0 Å². The maximum atomic E-state index is 11.7. The summed E-state index contributed by atoms with van der Waals surface area (Å²) >= 11 is 0. The molecule has 7 nitrogen and oxygen atoms in total. The van der Waals surface area contributed by atoms with Gasteiger partial charge in [-0.25, -0.2) is 0 Å². The Labute approximate surface area is 135 Å². The van der Waals surface area contributed by atoms with Crippen LogP contribution in [0.15, 0.2) is 37.1 Å². The zero-order valence-corrected chi connectivity index (χ0v) is 12.8. The van der Waals surface area contributed by atoms with Gasteiger partial charge in [-0.05, 0) is 12.1 Å². The Morgan fingerprint density at radius 2 is 1.95 bits per heavy atom. The van der Waals surface area contributed by atoms with E-state index in [2.05, 4.69) is 22.7 Å². The number of halogens is 1. The van der Waals surface area contributed by atoms with Crippen LogP contribution in [0.5, 0.6) is 5.75 Å². The number of carbonyl (C=O) groups excluding carboxylic acids is 2. The van der Waals surface area contributed by atoms with Crippen LogP contribution >= 0.6 is 12.4 Å². The lowest BCUT2D eigenvalue weighted by atomic mass is 10.2. The summed E-state index contributed by atoms with van der Waals surface area (Å²) in [6, 6.07) is 6.07. The predicted molar refractivity (Wildman–Crippen MR) is 84.6 cm³/mol. The highest BCUT2D eigenvalue weighted by atomic mass is 35.5. The maximum absolute atomic E-state index is 11.7. The number of carbonyl (C=O) groups is 2. The van der Waals surface area contributed by atoms with E-state index in [1.165, 1.54) is 18.4 Å². The van der Waals surface area contributed by atoms with E-state index in [1.54, 1.807) is 12.1 Å². The van der Waals surface area contributed by atoms with Crippen molar-refractivity contribution in [3.8, 4) is 5.75 Å². The Kier molecular flexibility index (Phi) is 10.2. The van der Waals surface area contributed by atoms with Crippen LogP contribution in [-0.4, -0.2) is 36.6 Å². The zero-order chi connectivity index (χ0) is 15.5. The number of phenolic OH excluding ortho intramolecular Hbond substituents is 1. The van der Waals surface area contributed by atoms with E-state index in [-0.39, 0.29) is 36.0 Å². The molecular formula is C14H20ClN3O4. The molecule has 22 heavy (non-hydrogen) atoms. The number of rotatable bonds is 8. The van der Waals surface area contributed by atoms with Crippen LogP contribution in [0.4, 0.5) is 0 Å². The average Bonchev–Trinajstić information content (AvgIpc) is 2.49. The third kappa shape index (κ3) is 7.51. The van der Waals surface area contributed by atoms with Gasteiger partial charge in [-0.3, -0.25) is 20.4 Å². The minimum Gasteiger partial charge on any atom is -0.507 e. The van der Waals surface area contributed by atoms with Crippen molar-refractivity contribution >= 4 is 24.2 Å². The van der Waals surface area contributed by atoms with Crippen molar-refractivity contribution in [3.05, 3.63) is 42.7 Å². The lowest BCUT2D eigenvalue weighted by molar-refractivity contribution is -0.121. The molecule has 0 saturated heterocycles. The molecule has 0 heterocycles. The largest absolute Gasteiger partial charge is 0.507 e. The fourth-order valence-electron chi connectivity index (χ4n) is 1.46. The molecular weight excluding hydrogens is 310 g/mol. The summed E-state index contributed by atoms with van der Waals surface area (Å²) in [6.07, 6.45) is 1.55. The number of phenols is 1. The topological polar surface area (TPSA) is 99.7 Å². The number of nitrogens with one attached hydrogen (secondary N) is 3. The minimum absolute atomic E-state index is 0. The summed E-state index contributed by atoms with van der Waals surface area (Å²) in [5, 5.41) is 12.5. The molecule has 0 saturated carbocycles. The number of para-hydroxylation sites is 1. The highest BCUT2D eigenvalue weighted by Crippen LogP contribution is 2.14. The Balaban J connectivity index is 0.00000441. The van der Waals surface area contributed by atoms with Gasteiger partial charge in [0.1, 0.15) is 5.75 Å². The fourth-order valence-corrected chi connectivity index (χ4v) is 1.46. The summed E-state index contributed by atoms with van der Waals surface area (Å²) in [4.78, 5) is 23.2. The SMILES string of the molecule is C=COCCNCCC(=O)NNC(=O)c1ccccc1O.Cl. The van der Waals surface area contributed by atoms with Crippen molar-refractivity contribution in [2.75, 3.05) is 19.7 Å². The first-order valence-corrected chi connectivity index (χ1v) is 6.45. The molecule has 0 fully saturated rings. The lowest BCUT2D eigenvalue weighted by Gasteiger charge is -2.09. The van der Waals surface area contributed by atoms with E-state index < -0.39 is 5.91 Å². The molecule has 0 aliphatic rings. The first-order chi connectivity index (χ1) is 10.1. The van der Waals surface area contributed by atoms with E-state index in [9.17, 15) is 14.7 Å². The summed E-state index contributed by atoms with van der Waals surface area (Å²) in [5.41, 5.74) is 4.60. The van der Waals surface area contributed by atoms with E-state index in [4.69, 9.17) is 4.74 Å². The molecule has 2 amide bonds. The normalized spacial score (nSPS) is 9.27. The van der Waals surface area contributed by atoms with Gasteiger partial charge in [0.05, 0.1) is 18.4 Å². The van der Waals surface area contributed by atoms with Crippen molar-refractivity contribution in [1.82, 2.24) is 16.2 Å². The van der Waals surface area contributed by atoms with Crippen molar-refractivity contribution in [3.63, 3.8) is 0 Å². The molecule has 0 aliphatic carbocycles. The molecule has 0 aromatic heterocycles. The Morgan fingerprint density at radius 3 is 2.64 bits per heavy atom. The summed E-state index contributed by atoms with van der Waals surface area (Å²) in [6.45, 7) is 4.95. The first-order valence-electron chi connectivity index (χ1n) is 6.45. The van der Waals surface area contributed by atoms with Gasteiger partial charge in [0.2, 0.25) is 5.91 Å². The monoisotopic (exact) mass is 329 g/mol. The van der Waals surface area contributed by atoms with Crippen LogP contribution in [0.1, 0.15) is 16.8 Å². The van der Waals surface area contributed by atoms with E-state index in [1.807, 2.05) is 0 Å². The number of aromatic hydroxyl groups is 1. The van der Waals surface area contributed by atoms with Gasteiger partial charge in [0, 0.05) is 19.5 Å². The number of amides is 2. The Hall–Kier alpha value is -2.25. The van der Waals surface area contributed by atoms with E-state index >= 15 is 0 Å². The summed E-state index contributed by atoms with van der Waals surface area (Å²) in [5.74, 6) is -1.06. The second kappa shape index (κ2) is 11.4. The number of ether oxygens (including phenoxy) is 1. The third-order valence-electron chi connectivity index (χ3n) is 2.51. The molecule has 0 radical (unpaired) electrons. The molecule has 4 N–H and O–H groups in total. The lowest BCUT2D eigenvalue weighted by Crippen LogP contribution is -2.42. The van der Waals surface area contributed by atoms with E-state index in [0.29, 0.717) is 19.7 Å². The quantitative estimate of drug-likeness (QED) is 0.320. The highest BCUT2D eigenvalue weighted by molar-refractivity contribution is 5.97. The van der Waals surface area contributed by atoms with Crippen molar-refractivity contribution in [1.29, 1.82) is 0 Å². The van der Waals surface area contributed by atoms with Crippen LogP contribution in [0.2, 0.25) is 0 Å². The molecule has 0 bridgehead atoms. The van der Waals surface area contributed by atoms with Gasteiger partial charge < -0.3 is 15.2 Å². The molecule has 1 aromatic rings. The van der Waals surface area contributed by atoms with Gasteiger partial charge in [-0.2, -0.15) is 0 Å². The van der Waals surface area contributed by atoms with Crippen LogP contribution < -0.4 is 16.2 Å². The molecule has 0 aliphatic heterocycles. The van der Waals surface area contributed by atoms with Crippen molar-refractivity contribution < 1.29 is 19.4 Å². The van der Waals surface area contributed by atoms with Gasteiger partial charge >= 0.3 is 0 Å². The summed E-state index contributed by atoms with van der Waals surface area (Å²) in [7, 11) is 0. The number of hydrogen-bond donors (Lipinski definition) is 4. The summed E-state index contributed by atoms with van der Waals surface area (Å²) < 4.78 is 4.90. The van der Waals surface area contributed by atoms with Crippen molar-refractivity contribution in [2.45, 2.75) is 6.42 Å². The Bertz CT molecular complexity index is 497. The molecule has 1 aromatic carbocycles. The number of hydrogen-bond acceptors (Lipinski definition) is 5. The third-order valence-corrected chi connectivity index (χ3v) is 2.51. The number of hydrazine groups is 1. The first kappa shape index (κ1) is 19.8.